The van der Waals surface area contributed by atoms with Crippen LogP contribution in [-0.2, 0) is 4.79 Å². The predicted octanol–water partition coefficient (Wildman–Crippen LogP) is 3.32. The highest BCUT2D eigenvalue weighted by molar-refractivity contribution is 9.10. The number of alkyl halides is 3. The van der Waals surface area contributed by atoms with Crippen molar-refractivity contribution in [2.75, 3.05) is 4.90 Å². The fourth-order valence-electron chi connectivity index (χ4n) is 1.10. The lowest BCUT2D eigenvalue weighted by Gasteiger charge is -2.23. The Kier molecular flexibility index (Phi) is 3.38. The number of amides is 1. The van der Waals surface area contributed by atoms with Gasteiger partial charge in [0.05, 0.1) is 5.69 Å². The van der Waals surface area contributed by atoms with Gasteiger partial charge in [-0.2, -0.15) is 0 Å². The summed E-state index contributed by atoms with van der Waals surface area (Å²) in [6.45, 7) is 0.871. The molecule has 0 bridgehead atoms. The third-order valence-electron chi connectivity index (χ3n) is 1.65. The van der Waals surface area contributed by atoms with E-state index in [1.165, 1.54) is 24.3 Å². The lowest BCUT2D eigenvalue weighted by Crippen LogP contribution is -2.41. The summed E-state index contributed by atoms with van der Waals surface area (Å²) in [7, 11) is 0. The first kappa shape index (κ1) is 12.0. The second kappa shape index (κ2) is 4.22. The molecule has 0 aliphatic carbocycles. The zero-order valence-corrected chi connectivity index (χ0v) is 9.26. The molecule has 0 radical (unpaired) electrons. The number of anilines is 1. The van der Waals surface area contributed by atoms with Crippen LogP contribution in [0.5, 0.6) is 0 Å². The van der Waals surface area contributed by atoms with E-state index in [1.54, 1.807) is 0 Å². The summed E-state index contributed by atoms with van der Waals surface area (Å²) in [5, 5.41) is 0. The molecule has 0 aromatic heterocycles. The van der Waals surface area contributed by atoms with Gasteiger partial charge in [-0.3, -0.25) is 4.79 Å². The molecular weight excluding hydrogens is 275 g/mol. The third-order valence-corrected chi connectivity index (χ3v) is 2.18. The van der Waals surface area contributed by atoms with Crippen molar-refractivity contribution < 1.29 is 18.0 Å². The first-order chi connectivity index (χ1) is 6.82. The summed E-state index contributed by atoms with van der Waals surface area (Å²) in [5.74, 6) is -1.06. The summed E-state index contributed by atoms with van der Waals surface area (Å²) in [5.41, 5.74) is -0.196. The molecule has 0 spiro atoms. The molecule has 0 atom stereocenters. The molecule has 6 heteroatoms. The van der Waals surface area contributed by atoms with Crippen molar-refractivity contribution in [1.82, 2.24) is 0 Å². The van der Waals surface area contributed by atoms with E-state index >= 15 is 0 Å². The zero-order valence-electron chi connectivity index (χ0n) is 7.68. The van der Waals surface area contributed by atoms with E-state index in [-0.39, 0.29) is 10.6 Å². The molecule has 0 N–H and O–H groups in total. The molecular formula is C9H7BrF3NO. The van der Waals surface area contributed by atoms with E-state index in [1.807, 2.05) is 0 Å². The van der Waals surface area contributed by atoms with Gasteiger partial charge in [0.15, 0.2) is 0 Å². The summed E-state index contributed by atoms with van der Waals surface area (Å²) < 4.78 is 38.0. The van der Waals surface area contributed by atoms with Crippen LogP contribution in [0.3, 0.4) is 0 Å². The zero-order chi connectivity index (χ0) is 11.6. The van der Waals surface area contributed by atoms with Gasteiger partial charge in [0.1, 0.15) is 0 Å². The number of nitrogens with zero attached hydrogens (tertiary/aromatic N) is 1. The minimum absolute atomic E-state index is 0.196. The molecule has 0 aliphatic rings. The van der Waals surface area contributed by atoms with Gasteiger partial charge in [0.2, 0.25) is 5.91 Å². The second-order valence-electron chi connectivity index (χ2n) is 2.80. The third kappa shape index (κ3) is 2.95. The van der Waals surface area contributed by atoms with Crippen LogP contribution < -0.4 is 4.90 Å². The van der Waals surface area contributed by atoms with Crippen molar-refractivity contribution in [3.8, 4) is 0 Å². The standard InChI is InChI=1S/C9H7BrF3NO/c1-6(15)14(9(11,12)13)8-4-2-7(10)3-5-8/h2-5H,1H3. The van der Waals surface area contributed by atoms with Crippen molar-refractivity contribution in [3.05, 3.63) is 28.7 Å². The predicted molar refractivity (Wildman–Crippen MR) is 53.4 cm³/mol. The Morgan fingerprint density at radius 3 is 2.07 bits per heavy atom. The smallest absolute Gasteiger partial charge is 0.275 e. The first-order valence-electron chi connectivity index (χ1n) is 3.95. The van der Waals surface area contributed by atoms with Gasteiger partial charge in [0, 0.05) is 11.4 Å². The number of halogens is 4. The van der Waals surface area contributed by atoms with Crippen LogP contribution in [0, 0.1) is 0 Å². The van der Waals surface area contributed by atoms with E-state index in [4.69, 9.17) is 0 Å². The monoisotopic (exact) mass is 281 g/mol. The Labute approximate surface area is 92.8 Å². The number of benzene rings is 1. The van der Waals surface area contributed by atoms with E-state index in [0.29, 0.717) is 4.47 Å². The Morgan fingerprint density at radius 1 is 1.27 bits per heavy atom. The quantitative estimate of drug-likeness (QED) is 0.723. The Balaban J connectivity index is 3.11. The molecule has 0 fully saturated rings. The normalized spacial score (nSPS) is 11.3. The minimum Gasteiger partial charge on any atom is -0.275 e. The van der Waals surface area contributed by atoms with Gasteiger partial charge in [0.25, 0.3) is 0 Å². The lowest BCUT2D eigenvalue weighted by atomic mass is 10.3. The van der Waals surface area contributed by atoms with Crippen LogP contribution in [-0.4, -0.2) is 12.2 Å². The number of carbonyl (C=O) groups is 1. The molecule has 0 aliphatic heterocycles. The molecule has 1 rings (SSSR count). The van der Waals surface area contributed by atoms with E-state index in [2.05, 4.69) is 15.9 Å². The summed E-state index contributed by atoms with van der Waals surface area (Å²) in [4.78, 5) is 10.7. The van der Waals surface area contributed by atoms with Crippen LogP contribution >= 0.6 is 15.9 Å². The Bertz CT molecular complexity index is 361. The van der Waals surface area contributed by atoms with E-state index in [9.17, 15) is 18.0 Å². The largest absolute Gasteiger partial charge is 0.491 e. The maximum absolute atomic E-state index is 12.5. The van der Waals surface area contributed by atoms with Crippen molar-refractivity contribution >= 4 is 27.5 Å². The summed E-state index contributed by atoms with van der Waals surface area (Å²) >= 11 is 3.10. The molecule has 0 heterocycles. The van der Waals surface area contributed by atoms with Gasteiger partial charge in [-0.15, -0.1) is 13.2 Å². The van der Waals surface area contributed by atoms with E-state index in [0.717, 1.165) is 6.92 Å². The molecule has 1 aromatic carbocycles. The number of hydrogen-bond donors (Lipinski definition) is 0. The first-order valence-corrected chi connectivity index (χ1v) is 4.75. The number of rotatable bonds is 1. The van der Waals surface area contributed by atoms with E-state index < -0.39 is 12.2 Å². The van der Waals surface area contributed by atoms with Crippen LogP contribution in [0.2, 0.25) is 0 Å². The summed E-state index contributed by atoms with van der Waals surface area (Å²) in [6.07, 6.45) is -4.69. The molecule has 82 valence electrons. The van der Waals surface area contributed by atoms with Crippen LogP contribution in [0.15, 0.2) is 28.7 Å². The van der Waals surface area contributed by atoms with Crippen molar-refractivity contribution in [2.24, 2.45) is 0 Å². The van der Waals surface area contributed by atoms with Crippen LogP contribution in [0.4, 0.5) is 18.9 Å². The van der Waals surface area contributed by atoms with Gasteiger partial charge in [-0.25, -0.2) is 4.90 Å². The topological polar surface area (TPSA) is 20.3 Å². The average Bonchev–Trinajstić information content (AvgIpc) is 2.05. The molecule has 0 saturated carbocycles. The summed E-state index contributed by atoms with van der Waals surface area (Å²) in [6, 6.07) is 5.33. The molecule has 0 saturated heterocycles. The number of carbonyl (C=O) groups excluding carboxylic acids is 1. The van der Waals surface area contributed by atoms with Gasteiger partial charge in [-0.05, 0) is 24.3 Å². The fraction of sp³-hybridized carbons (Fsp3) is 0.222. The average molecular weight is 282 g/mol. The molecule has 1 amide bonds. The molecule has 2 nitrogen and oxygen atoms in total. The highest BCUT2D eigenvalue weighted by Gasteiger charge is 2.40. The van der Waals surface area contributed by atoms with Crippen LogP contribution in [0.25, 0.3) is 0 Å². The Hall–Kier alpha value is -1.04. The highest BCUT2D eigenvalue weighted by atomic mass is 79.9. The van der Waals surface area contributed by atoms with Crippen molar-refractivity contribution in [3.63, 3.8) is 0 Å². The molecule has 15 heavy (non-hydrogen) atoms. The van der Waals surface area contributed by atoms with Gasteiger partial charge < -0.3 is 0 Å². The molecule has 0 unspecified atom stereocenters. The maximum atomic E-state index is 12.5. The minimum atomic E-state index is -4.69. The SMILES string of the molecule is CC(=O)N(c1ccc(Br)cc1)C(F)(F)F. The fourth-order valence-corrected chi connectivity index (χ4v) is 1.36. The van der Waals surface area contributed by atoms with Gasteiger partial charge >= 0.3 is 6.30 Å². The second-order valence-corrected chi connectivity index (χ2v) is 3.71. The van der Waals surface area contributed by atoms with Crippen molar-refractivity contribution in [1.29, 1.82) is 0 Å². The number of hydrogen-bond acceptors (Lipinski definition) is 1. The van der Waals surface area contributed by atoms with Crippen LogP contribution in [0.1, 0.15) is 6.92 Å². The molecule has 1 aromatic rings. The van der Waals surface area contributed by atoms with Gasteiger partial charge in [-0.1, -0.05) is 15.9 Å². The lowest BCUT2D eigenvalue weighted by molar-refractivity contribution is -0.148. The van der Waals surface area contributed by atoms with Crippen molar-refractivity contribution in [2.45, 2.75) is 13.2 Å². The Morgan fingerprint density at radius 2 is 1.73 bits per heavy atom. The highest BCUT2D eigenvalue weighted by Crippen LogP contribution is 2.29. The maximum Gasteiger partial charge on any atom is 0.491 e.